The van der Waals surface area contributed by atoms with E-state index in [-0.39, 0.29) is 61.2 Å². The van der Waals surface area contributed by atoms with Crippen LogP contribution in [0.3, 0.4) is 0 Å². The van der Waals surface area contributed by atoms with Crippen molar-refractivity contribution in [2.75, 3.05) is 26.9 Å². The van der Waals surface area contributed by atoms with Crippen LogP contribution in [-0.4, -0.2) is 152 Å². The molecular weight excluding hydrogens is 692 g/mol. The maximum absolute atomic E-state index is 12.8. The first-order chi connectivity index (χ1) is 24.9. The summed E-state index contributed by atoms with van der Waals surface area (Å²) in [4.78, 5) is 0. The van der Waals surface area contributed by atoms with E-state index in [4.69, 9.17) is 23.7 Å². The lowest BCUT2D eigenvalue weighted by Gasteiger charge is -2.66. The zero-order chi connectivity index (χ0) is 38.8. The van der Waals surface area contributed by atoms with Crippen LogP contribution in [0.4, 0.5) is 0 Å². The second-order valence-corrected chi connectivity index (χ2v) is 18.5. The van der Waals surface area contributed by atoms with Gasteiger partial charge in [-0.15, -0.1) is 0 Å². The molecular formula is C39H68O14. The smallest absolute Gasteiger partial charge is 0.186 e. The first-order valence-corrected chi connectivity index (χ1v) is 20.1. The number of hydrogen-bond acceptors (Lipinski definition) is 14. The van der Waals surface area contributed by atoms with Crippen LogP contribution < -0.4 is 0 Å². The van der Waals surface area contributed by atoms with Crippen LogP contribution in [0.1, 0.15) is 86.0 Å². The van der Waals surface area contributed by atoms with Gasteiger partial charge in [-0.3, -0.25) is 0 Å². The Morgan fingerprint density at radius 1 is 0.717 bits per heavy atom. The molecule has 0 aromatic heterocycles. The van der Waals surface area contributed by atoms with Gasteiger partial charge in [0.1, 0.15) is 36.6 Å². The van der Waals surface area contributed by atoms with Crippen molar-refractivity contribution in [3.05, 3.63) is 0 Å². The van der Waals surface area contributed by atoms with E-state index in [0.29, 0.717) is 32.3 Å². The number of rotatable bonds is 11. The summed E-state index contributed by atoms with van der Waals surface area (Å²) in [6.07, 6.45) is -7.01. The van der Waals surface area contributed by atoms with Gasteiger partial charge in [0, 0.05) is 19.4 Å². The fourth-order valence-corrected chi connectivity index (χ4v) is 12.3. The van der Waals surface area contributed by atoms with Gasteiger partial charge in [0.05, 0.1) is 49.8 Å². The molecule has 53 heavy (non-hydrogen) atoms. The number of aliphatic hydroxyl groups excluding tert-OH is 8. The lowest BCUT2D eigenvalue weighted by atomic mass is 9.41. The van der Waals surface area contributed by atoms with E-state index in [0.717, 1.165) is 19.3 Å². The Balaban J connectivity index is 1.09. The van der Waals surface area contributed by atoms with Crippen molar-refractivity contribution in [2.45, 2.75) is 165 Å². The molecule has 2 saturated heterocycles. The highest BCUT2D eigenvalue weighted by Gasteiger charge is 2.72. The Morgan fingerprint density at radius 2 is 1.36 bits per heavy atom. The monoisotopic (exact) mass is 760 g/mol. The van der Waals surface area contributed by atoms with E-state index in [2.05, 4.69) is 34.6 Å². The molecule has 0 amide bonds. The molecule has 9 N–H and O–H groups in total. The summed E-state index contributed by atoms with van der Waals surface area (Å²) in [7, 11) is 1.44. The van der Waals surface area contributed by atoms with Crippen LogP contribution in [-0.2, 0) is 23.7 Å². The minimum absolute atomic E-state index is 0.0347. The first kappa shape index (κ1) is 42.1. The van der Waals surface area contributed by atoms with Crippen LogP contribution in [0.25, 0.3) is 0 Å². The lowest BCUT2D eigenvalue weighted by Crippen LogP contribution is -2.69. The lowest BCUT2D eigenvalue weighted by molar-refractivity contribution is -0.303. The van der Waals surface area contributed by atoms with Gasteiger partial charge in [-0.25, -0.2) is 0 Å². The third-order valence-corrected chi connectivity index (χ3v) is 15.5. The van der Waals surface area contributed by atoms with Crippen LogP contribution in [0.5, 0.6) is 0 Å². The largest absolute Gasteiger partial charge is 0.393 e. The normalized spacial score (nSPS) is 53.3. The molecule has 4 aliphatic carbocycles. The zero-order valence-electron chi connectivity index (χ0n) is 32.3. The van der Waals surface area contributed by atoms with Crippen LogP contribution in [0.15, 0.2) is 0 Å². The van der Waals surface area contributed by atoms with E-state index in [1.165, 1.54) is 7.11 Å². The zero-order valence-corrected chi connectivity index (χ0v) is 32.3. The van der Waals surface area contributed by atoms with E-state index in [9.17, 15) is 46.0 Å². The Morgan fingerprint density at radius 3 is 2.04 bits per heavy atom. The molecule has 308 valence electrons. The third-order valence-electron chi connectivity index (χ3n) is 15.5. The second-order valence-electron chi connectivity index (χ2n) is 18.5. The van der Waals surface area contributed by atoms with Crippen molar-refractivity contribution in [1.82, 2.24) is 0 Å². The summed E-state index contributed by atoms with van der Waals surface area (Å²) in [5, 5.41) is 98.6. The van der Waals surface area contributed by atoms with Crippen molar-refractivity contribution >= 4 is 0 Å². The standard InChI is InChI=1S/C39H68O14/c1-18(20(3)15-50-35-32(47)28(43)24(41)16-51-35)7-8-19(2)27-30(45)31(46)34-38(27,5)12-10-26-37(4)11-9-21(13-22(37)23(40)14-39(26,34)48)53-36-33(49-6)29(44)25(42)17-52-36/h18-36,40-48H,7-17H2,1-6H3/t18?,19-,20?,21+,22?,23-,24-,25-,26?,27+,28+,29+,30-,31?,32-,33-,34?,35-,36+,37+,38-,39+/m1/s1. The summed E-state index contributed by atoms with van der Waals surface area (Å²) >= 11 is 0. The highest BCUT2D eigenvalue weighted by molar-refractivity contribution is 5.22. The molecule has 0 radical (unpaired) electrons. The van der Waals surface area contributed by atoms with Gasteiger partial charge in [-0.1, -0.05) is 47.5 Å². The van der Waals surface area contributed by atoms with Crippen LogP contribution in [0, 0.1) is 52.3 Å². The minimum atomic E-state index is -1.37. The fourth-order valence-electron chi connectivity index (χ4n) is 12.3. The van der Waals surface area contributed by atoms with Gasteiger partial charge in [-0.2, -0.15) is 0 Å². The van der Waals surface area contributed by atoms with Crippen molar-refractivity contribution < 1.29 is 69.6 Å². The van der Waals surface area contributed by atoms with Gasteiger partial charge in [0.15, 0.2) is 12.6 Å². The molecule has 0 spiro atoms. The molecule has 22 atom stereocenters. The molecule has 0 aromatic carbocycles. The predicted molar refractivity (Wildman–Crippen MR) is 189 cm³/mol. The van der Waals surface area contributed by atoms with Gasteiger partial charge in [-0.05, 0) is 78.4 Å². The van der Waals surface area contributed by atoms with Crippen molar-refractivity contribution in [2.24, 2.45) is 52.3 Å². The van der Waals surface area contributed by atoms with Gasteiger partial charge >= 0.3 is 0 Å². The topological polar surface area (TPSA) is 228 Å². The van der Waals surface area contributed by atoms with Crippen molar-refractivity contribution in [1.29, 1.82) is 0 Å². The number of aliphatic hydroxyl groups is 9. The Hall–Kier alpha value is -0.560. The maximum Gasteiger partial charge on any atom is 0.186 e. The number of methoxy groups -OCH3 is 1. The molecule has 6 fully saturated rings. The second kappa shape index (κ2) is 16.0. The predicted octanol–water partition coefficient (Wildman–Crippen LogP) is 0.295. The highest BCUT2D eigenvalue weighted by Crippen LogP contribution is 2.70. The van der Waals surface area contributed by atoms with Crippen molar-refractivity contribution in [3.63, 3.8) is 0 Å². The van der Waals surface area contributed by atoms with Crippen LogP contribution in [0.2, 0.25) is 0 Å². The molecule has 2 heterocycles. The summed E-state index contributed by atoms with van der Waals surface area (Å²) in [5.74, 6) is -0.885. The molecule has 6 unspecified atom stereocenters. The van der Waals surface area contributed by atoms with Crippen LogP contribution >= 0.6 is 0 Å². The van der Waals surface area contributed by atoms with E-state index in [1.807, 2.05) is 0 Å². The Kier molecular flexibility index (Phi) is 12.7. The third kappa shape index (κ3) is 7.39. The molecule has 6 rings (SSSR count). The quantitative estimate of drug-likeness (QED) is 0.129. The summed E-state index contributed by atoms with van der Waals surface area (Å²) in [5.41, 5.74) is -2.36. The summed E-state index contributed by atoms with van der Waals surface area (Å²) < 4.78 is 28.6. The molecule has 0 bridgehead atoms. The fraction of sp³-hybridized carbons (Fsp3) is 1.00. The van der Waals surface area contributed by atoms with Gasteiger partial charge < -0.3 is 69.6 Å². The molecule has 14 nitrogen and oxygen atoms in total. The maximum atomic E-state index is 12.8. The molecule has 4 saturated carbocycles. The van der Waals surface area contributed by atoms with E-state index < -0.39 is 89.9 Å². The average Bonchev–Trinajstić information content (AvgIpc) is 3.32. The summed E-state index contributed by atoms with van der Waals surface area (Å²) in [6.45, 7) is 10.7. The molecule has 0 aromatic rings. The van der Waals surface area contributed by atoms with E-state index in [1.54, 1.807) is 0 Å². The Bertz CT molecular complexity index is 1230. The number of hydrogen-bond donors (Lipinski definition) is 9. The molecule has 14 heteroatoms. The van der Waals surface area contributed by atoms with Gasteiger partial charge in [0.2, 0.25) is 0 Å². The Labute approximate surface area is 313 Å². The molecule has 6 aliphatic rings. The number of ether oxygens (including phenoxy) is 5. The average molecular weight is 761 g/mol. The summed E-state index contributed by atoms with van der Waals surface area (Å²) in [6, 6.07) is 0. The van der Waals surface area contributed by atoms with Gasteiger partial charge in [0.25, 0.3) is 0 Å². The first-order valence-electron chi connectivity index (χ1n) is 20.1. The number of fused-ring (bicyclic) bond motifs is 5. The van der Waals surface area contributed by atoms with E-state index >= 15 is 0 Å². The highest BCUT2D eigenvalue weighted by atomic mass is 16.7. The molecule has 2 aliphatic heterocycles. The minimum Gasteiger partial charge on any atom is -0.393 e. The van der Waals surface area contributed by atoms with Crippen molar-refractivity contribution in [3.8, 4) is 0 Å². The SMILES string of the molecule is CO[C@H]1[C@H](O[C@H]2CC[C@@]3(C)C(C2)[C@H](O)C[C@]2(O)C3CC[C@@]3(C)C2C(O)[C@H](O)[C@@H]3[C@H](C)CCC(C)C(C)CO[C@@H]2OC[C@@H](O)[C@H](O)[C@H]2O)OC[C@@H](O)[C@@H]1O.